The lowest BCUT2D eigenvalue weighted by atomic mass is 10.1. The zero-order chi connectivity index (χ0) is 17.0. The number of amides is 1. The lowest BCUT2D eigenvalue weighted by Gasteiger charge is -2.16. The summed E-state index contributed by atoms with van der Waals surface area (Å²) >= 11 is 0. The number of carbonyl (C=O) groups is 2. The summed E-state index contributed by atoms with van der Waals surface area (Å²) in [4.78, 5) is 23.6. The molecule has 0 bridgehead atoms. The number of hydrogen-bond acceptors (Lipinski definition) is 3. The molecule has 120 valence electrons. The number of benzene rings is 2. The van der Waals surface area contributed by atoms with Gasteiger partial charge in [-0.25, -0.2) is 0 Å². The molecule has 0 aromatic heterocycles. The van der Waals surface area contributed by atoms with E-state index in [-0.39, 0.29) is 11.7 Å². The average molecular weight is 311 g/mol. The van der Waals surface area contributed by atoms with E-state index in [9.17, 15) is 9.59 Å². The molecule has 0 aliphatic heterocycles. The van der Waals surface area contributed by atoms with E-state index in [0.29, 0.717) is 17.0 Å². The monoisotopic (exact) mass is 311 g/mol. The highest BCUT2D eigenvalue weighted by Gasteiger charge is 2.16. The van der Waals surface area contributed by atoms with Crippen LogP contribution in [0.5, 0.6) is 5.75 Å². The number of hydrogen-bond donors (Lipinski definition) is 1. The molecule has 0 radical (unpaired) electrons. The molecule has 2 aromatic carbocycles. The molecule has 1 atom stereocenters. The molecule has 0 aliphatic rings. The fraction of sp³-hybridized carbons (Fsp3) is 0.263. The minimum absolute atomic E-state index is 0.0410. The van der Waals surface area contributed by atoms with Crippen molar-refractivity contribution in [2.45, 2.75) is 33.8 Å². The van der Waals surface area contributed by atoms with Crippen LogP contribution in [0.25, 0.3) is 0 Å². The van der Waals surface area contributed by atoms with Gasteiger partial charge < -0.3 is 10.1 Å². The van der Waals surface area contributed by atoms with Gasteiger partial charge in [0.05, 0.1) is 0 Å². The molecule has 4 heteroatoms. The van der Waals surface area contributed by atoms with Crippen LogP contribution in [0, 0.1) is 13.8 Å². The van der Waals surface area contributed by atoms with Crippen molar-refractivity contribution in [2.24, 2.45) is 0 Å². The second-order valence-corrected chi connectivity index (χ2v) is 5.66. The Balaban J connectivity index is 2.05. The molecular weight excluding hydrogens is 290 g/mol. The molecule has 0 spiro atoms. The van der Waals surface area contributed by atoms with Crippen molar-refractivity contribution in [1.82, 2.24) is 0 Å². The van der Waals surface area contributed by atoms with Crippen LogP contribution in [0.15, 0.2) is 42.5 Å². The van der Waals surface area contributed by atoms with Crippen molar-refractivity contribution < 1.29 is 14.3 Å². The van der Waals surface area contributed by atoms with E-state index in [0.717, 1.165) is 11.1 Å². The first-order chi connectivity index (χ1) is 10.9. The minimum Gasteiger partial charge on any atom is -0.481 e. The second-order valence-electron chi connectivity index (χ2n) is 5.66. The van der Waals surface area contributed by atoms with Gasteiger partial charge in [0.25, 0.3) is 5.91 Å². The maximum Gasteiger partial charge on any atom is 0.265 e. The maximum atomic E-state index is 12.3. The summed E-state index contributed by atoms with van der Waals surface area (Å²) in [6.45, 7) is 7.15. The Labute approximate surface area is 136 Å². The predicted molar refractivity (Wildman–Crippen MR) is 91.1 cm³/mol. The van der Waals surface area contributed by atoms with Crippen molar-refractivity contribution >= 4 is 17.4 Å². The first-order valence-corrected chi connectivity index (χ1v) is 7.52. The van der Waals surface area contributed by atoms with Gasteiger partial charge in [-0.15, -0.1) is 0 Å². The Morgan fingerprint density at radius 1 is 1.09 bits per heavy atom. The first kappa shape index (κ1) is 16.7. The highest BCUT2D eigenvalue weighted by molar-refractivity contribution is 5.98. The molecule has 0 aliphatic carbocycles. The Bertz CT molecular complexity index is 737. The third kappa shape index (κ3) is 4.42. The number of anilines is 1. The zero-order valence-corrected chi connectivity index (χ0v) is 13.8. The Morgan fingerprint density at radius 2 is 1.83 bits per heavy atom. The van der Waals surface area contributed by atoms with E-state index in [1.807, 2.05) is 32.0 Å². The van der Waals surface area contributed by atoms with E-state index in [1.165, 1.54) is 6.92 Å². The molecule has 1 N–H and O–H groups in total. The lowest BCUT2D eigenvalue weighted by Crippen LogP contribution is -2.30. The molecular formula is C19H21NO3. The lowest BCUT2D eigenvalue weighted by molar-refractivity contribution is -0.122. The highest BCUT2D eigenvalue weighted by atomic mass is 16.5. The summed E-state index contributed by atoms with van der Waals surface area (Å²) in [6.07, 6.45) is -0.641. The summed E-state index contributed by atoms with van der Waals surface area (Å²) in [5.74, 6) is 0.391. The van der Waals surface area contributed by atoms with Crippen LogP contribution in [-0.4, -0.2) is 17.8 Å². The van der Waals surface area contributed by atoms with Gasteiger partial charge in [0.15, 0.2) is 11.9 Å². The first-order valence-electron chi connectivity index (χ1n) is 7.52. The number of ketones is 1. The van der Waals surface area contributed by atoms with Crippen LogP contribution in [0.1, 0.15) is 35.3 Å². The molecule has 0 fully saturated rings. The number of nitrogens with one attached hydrogen (secondary N) is 1. The zero-order valence-electron chi connectivity index (χ0n) is 13.8. The molecule has 23 heavy (non-hydrogen) atoms. The standard InChI is InChI=1S/C19H21NO3/c1-12-8-9-18(13(2)10-12)23-15(4)19(22)20-17-7-5-6-16(11-17)14(3)21/h5-11,15H,1-4H3,(H,20,22). The van der Waals surface area contributed by atoms with Crippen molar-refractivity contribution in [1.29, 1.82) is 0 Å². The number of ether oxygens (including phenoxy) is 1. The van der Waals surface area contributed by atoms with Gasteiger partial charge in [0, 0.05) is 11.3 Å². The van der Waals surface area contributed by atoms with Crippen LogP contribution in [0.2, 0.25) is 0 Å². The average Bonchev–Trinajstić information content (AvgIpc) is 2.50. The number of carbonyl (C=O) groups excluding carboxylic acids is 2. The topological polar surface area (TPSA) is 55.4 Å². The SMILES string of the molecule is CC(=O)c1cccc(NC(=O)C(C)Oc2ccc(C)cc2C)c1. The van der Waals surface area contributed by atoms with E-state index in [2.05, 4.69) is 5.32 Å². The Kier molecular flexibility index (Phi) is 5.16. The fourth-order valence-electron chi connectivity index (χ4n) is 2.24. The molecule has 2 rings (SSSR count). The summed E-state index contributed by atoms with van der Waals surface area (Å²) < 4.78 is 5.73. The predicted octanol–water partition coefficient (Wildman–Crippen LogP) is 3.91. The molecule has 0 saturated carbocycles. The molecule has 0 saturated heterocycles. The normalized spacial score (nSPS) is 11.7. The van der Waals surface area contributed by atoms with Gasteiger partial charge >= 0.3 is 0 Å². The van der Waals surface area contributed by atoms with Gasteiger partial charge in [-0.05, 0) is 51.5 Å². The van der Waals surface area contributed by atoms with Crippen LogP contribution in [-0.2, 0) is 4.79 Å². The minimum atomic E-state index is -0.641. The number of aryl methyl sites for hydroxylation is 2. The van der Waals surface area contributed by atoms with Crippen molar-refractivity contribution in [3.8, 4) is 5.75 Å². The molecule has 1 unspecified atom stereocenters. The van der Waals surface area contributed by atoms with Gasteiger partial charge in [0.1, 0.15) is 5.75 Å². The molecule has 4 nitrogen and oxygen atoms in total. The summed E-state index contributed by atoms with van der Waals surface area (Å²) in [5, 5.41) is 2.77. The maximum absolute atomic E-state index is 12.3. The van der Waals surface area contributed by atoms with Gasteiger partial charge in [0.2, 0.25) is 0 Å². The van der Waals surface area contributed by atoms with Crippen LogP contribution in [0.4, 0.5) is 5.69 Å². The summed E-state index contributed by atoms with van der Waals surface area (Å²) in [7, 11) is 0. The quantitative estimate of drug-likeness (QED) is 0.852. The van der Waals surface area contributed by atoms with E-state index < -0.39 is 6.10 Å². The van der Waals surface area contributed by atoms with Crippen LogP contribution in [0.3, 0.4) is 0 Å². The molecule has 0 heterocycles. The summed E-state index contributed by atoms with van der Waals surface area (Å²) in [5.41, 5.74) is 3.28. The van der Waals surface area contributed by atoms with Gasteiger partial charge in [-0.1, -0.05) is 29.8 Å². The largest absolute Gasteiger partial charge is 0.481 e. The van der Waals surface area contributed by atoms with Gasteiger partial charge in [-0.2, -0.15) is 0 Å². The number of rotatable bonds is 5. The van der Waals surface area contributed by atoms with Crippen molar-refractivity contribution in [3.63, 3.8) is 0 Å². The molecule has 1 amide bonds. The van der Waals surface area contributed by atoms with Gasteiger partial charge in [-0.3, -0.25) is 9.59 Å². The fourth-order valence-corrected chi connectivity index (χ4v) is 2.24. The van der Waals surface area contributed by atoms with Crippen molar-refractivity contribution in [2.75, 3.05) is 5.32 Å². The third-order valence-electron chi connectivity index (χ3n) is 3.54. The Hall–Kier alpha value is -2.62. The van der Waals surface area contributed by atoms with E-state index in [1.54, 1.807) is 31.2 Å². The summed E-state index contributed by atoms with van der Waals surface area (Å²) in [6, 6.07) is 12.7. The Morgan fingerprint density at radius 3 is 2.48 bits per heavy atom. The van der Waals surface area contributed by atoms with Crippen LogP contribution >= 0.6 is 0 Å². The smallest absolute Gasteiger partial charge is 0.265 e. The highest BCUT2D eigenvalue weighted by Crippen LogP contribution is 2.20. The van der Waals surface area contributed by atoms with Crippen molar-refractivity contribution in [3.05, 3.63) is 59.2 Å². The third-order valence-corrected chi connectivity index (χ3v) is 3.54. The second kappa shape index (κ2) is 7.09. The van der Waals surface area contributed by atoms with E-state index >= 15 is 0 Å². The van der Waals surface area contributed by atoms with E-state index in [4.69, 9.17) is 4.74 Å². The molecule has 2 aromatic rings. The van der Waals surface area contributed by atoms with Crippen LogP contribution < -0.4 is 10.1 Å². The number of Topliss-reactive ketones (excluding diaryl/α,β-unsaturated/α-hetero) is 1.